The van der Waals surface area contributed by atoms with Crippen LogP contribution in [-0.4, -0.2) is 18.6 Å². The van der Waals surface area contributed by atoms with Crippen molar-refractivity contribution in [1.82, 2.24) is 0 Å². The van der Waals surface area contributed by atoms with E-state index < -0.39 is 23.1 Å². The molecule has 4 bridgehead atoms. The van der Waals surface area contributed by atoms with Crippen LogP contribution >= 0.6 is 15.8 Å². The van der Waals surface area contributed by atoms with Crippen molar-refractivity contribution in [2.45, 2.75) is 38.0 Å². The molecule has 0 aliphatic heterocycles. The monoisotopic (exact) mass is 800 g/mol. The summed E-state index contributed by atoms with van der Waals surface area (Å²) in [6.45, 7) is 4.94. The molecule has 0 saturated heterocycles. The first-order chi connectivity index (χ1) is 23.7. The first-order valence-electron chi connectivity index (χ1n) is 17.0. The Morgan fingerprint density at radius 3 is 0.740 bits per heavy atom. The fourth-order valence-corrected chi connectivity index (χ4v) is 12.8. The molecule has 0 amide bonds. The summed E-state index contributed by atoms with van der Waals surface area (Å²) in [5.74, 6) is 3.24. The molecule has 4 aromatic carbocycles. The predicted octanol–water partition coefficient (Wildman–Crippen LogP) is 10.2. The molecule has 0 N–H and O–H groups in total. The molecule has 4 aromatic rings. The minimum atomic E-state index is -6.00. The molecule has 8 heteroatoms. The van der Waals surface area contributed by atoms with Crippen LogP contribution in [0.3, 0.4) is 0 Å². The molecule has 0 spiro atoms. The summed E-state index contributed by atoms with van der Waals surface area (Å²) in [6.07, 6.45) is 21.1. The van der Waals surface area contributed by atoms with Crippen molar-refractivity contribution >= 4 is 44.3 Å². The molecule has 8 rings (SSSR count). The predicted molar refractivity (Wildman–Crippen MR) is 205 cm³/mol. The second-order valence-corrected chi connectivity index (χ2v) is 17.9. The number of hydrogen-bond acceptors (Lipinski definition) is 0. The number of halogens is 4. The Morgan fingerprint density at radius 2 is 0.600 bits per heavy atom. The SMILES string of the molecule is C[C@H]([C@@H](C)P(c1ccccc1)c1ccccc1)P(c1ccccc1)c1ccccc1.F[B-](F)(F)F.[CH]1[CH]C2[CH][CH]C1C2.[CH]1[CH]C2[CH][CH]C1C2.[Rh]. The van der Waals surface area contributed by atoms with E-state index in [0.717, 1.165) is 23.7 Å². The van der Waals surface area contributed by atoms with Crippen LogP contribution in [0.15, 0.2) is 121 Å². The Morgan fingerprint density at radius 1 is 0.420 bits per heavy atom. The van der Waals surface area contributed by atoms with Crippen molar-refractivity contribution in [2.75, 3.05) is 0 Å². The molecule has 50 heavy (non-hydrogen) atoms. The van der Waals surface area contributed by atoms with Crippen molar-refractivity contribution in [1.29, 1.82) is 0 Å². The zero-order chi connectivity index (χ0) is 34.6. The number of benzene rings is 4. The second-order valence-electron chi connectivity index (χ2n) is 12.7. The van der Waals surface area contributed by atoms with Gasteiger partial charge in [-0.1, -0.05) is 135 Å². The maximum Gasteiger partial charge on any atom is 0.673 e. The van der Waals surface area contributed by atoms with Crippen LogP contribution in [0.1, 0.15) is 26.7 Å². The van der Waals surface area contributed by atoms with Gasteiger partial charge < -0.3 is 17.3 Å². The first-order valence-corrected chi connectivity index (χ1v) is 19.9. The van der Waals surface area contributed by atoms with Crippen molar-refractivity contribution in [3.05, 3.63) is 173 Å². The summed E-state index contributed by atoms with van der Waals surface area (Å²) in [4.78, 5) is 0. The van der Waals surface area contributed by atoms with Gasteiger partial charge in [-0.2, -0.15) is 0 Å². The molecule has 4 saturated carbocycles. The minimum absolute atomic E-state index is 0. The van der Waals surface area contributed by atoms with E-state index in [1.807, 2.05) is 0 Å². The standard InChI is InChI=1S/C28H28P2.2C7H8.BF4.Rh/c1-23(29(25-15-7-3-8-16-25)26-17-9-4-10-18-26)24(2)30(27-19-11-5-12-20-27)28-21-13-6-14-22-28;2*1-2-7-4-3-6(1)5-7;2-1(3,4)5;/h3-24H,1-2H3;2*1-4,6-7H,5H2;;/q;;;-1;/t23-,24-;;;;/m1..../s1. The normalized spacial score (nSPS) is 22.6. The van der Waals surface area contributed by atoms with Gasteiger partial charge in [-0.25, -0.2) is 0 Å². The third kappa shape index (κ3) is 12.7. The van der Waals surface area contributed by atoms with Gasteiger partial charge in [-0.05, 0) is 136 Å². The van der Waals surface area contributed by atoms with Crippen molar-refractivity contribution in [3.8, 4) is 0 Å². The molecular formula is C42H44BF4P2Rh-. The van der Waals surface area contributed by atoms with Gasteiger partial charge in [0.05, 0.1) is 0 Å². The zero-order valence-corrected chi connectivity index (χ0v) is 31.8. The van der Waals surface area contributed by atoms with Crippen LogP contribution in [0, 0.1) is 75.0 Å². The van der Waals surface area contributed by atoms with Gasteiger partial charge in [-0.3, -0.25) is 0 Å². The average Bonchev–Trinajstić information content (AvgIpc) is 3.96. The Kier molecular flexibility index (Phi) is 16.7. The van der Waals surface area contributed by atoms with Gasteiger partial charge >= 0.3 is 7.25 Å². The smallest absolute Gasteiger partial charge is 0.418 e. The Hall–Kier alpha value is -1.85. The third-order valence-corrected chi connectivity index (χ3v) is 15.3. The third-order valence-electron chi connectivity index (χ3n) is 9.16. The van der Waals surface area contributed by atoms with Gasteiger partial charge in [0.2, 0.25) is 0 Å². The van der Waals surface area contributed by atoms with Gasteiger partial charge in [0.1, 0.15) is 0 Å². The van der Waals surface area contributed by atoms with Crippen LogP contribution in [0.5, 0.6) is 0 Å². The molecule has 4 aliphatic carbocycles. The fraction of sp³-hybridized carbons (Fsp3) is 0.238. The topological polar surface area (TPSA) is 0 Å². The molecule has 4 aliphatic rings. The zero-order valence-electron chi connectivity index (χ0n) is 28.4. The molecule has 0 aromatic heterocycles. The van der Waals surface area contributed by atoms with E-state index in [9.17, 15) is 17.3 Å². The van der Waals surface area contributed by atoms with Gasteiger partial charge in [0.25, 0.3) is 0 Å². The van der Waals surface area contributed by atoms with Crippen molar-refractivity contribution in [3.63, 3.8) is 0 Å². The largest absolute Gasteiger partial charge is 0.673 e. The van der Waals surface area contributed by atoms with E-state index in [4.69, 9.17) is 0 Å². The molecule has 0 nitrogen and oxygen atoms in total. The summed E-state index contributed by atoms with van der Waals surface area (Å²) >= 11 is 0. The van der Waals surface area contributed by atoms with Crippen LogP contribution in [-0.2, 0) is 19.5 Å². The van der Waals surface area contributed by atoms with E-state index in [0.29, 0.717) is 11.3 Å². The number of rotatable bonds is 7. The fourth-order valence-electron chi connectivity index (χ4n) is 6.68. The summed E-state index contributed by atoms with van der Waals surface area (Å²) < 4.78 is 39.0. The summed E-state index contributed by atoms with van der Waals surface area (Å²) in [6, 6.07) is 44.5. The van der Waals surface area contributed by atoms with E-state index in [1.54, 1.807) is 0 Å². The Bertz CT molecular complexity index is 1270. The van der Waals surface area contributed by atoms with Crippen LogP contribution in [0.2, 0.25) is 0 Å². The van der Waals surface area contributed by atoms with E-state index >= 15 is 0 Å². The van der Waals surface area contributed by atoms with Crippen LogP contribution < -0.4 is 21.2 Å². The number of fused-ring (bicyclic) bond motifs is 4. The molecule has 2 atom stereocenters. The van der Waals surface area contributed by atoms with Crippen LogP contribution in [0.4, 0.5) is 17.3 Å². The van der Waals surface area contributed by atoms with E-state index in [-0.39, 0.29) is 19.5 Å². The molecule has 263 valence electrons. The molecule has 0 heterocycles. The average molecular weight is 800 g/mol. The molecular weight excluding hydrogens is 756 g/mol. The van der Waals surface area contributed by atoms with Crippen LogP contribution in [0.25, 0.3) is 0 Å². The molecule has 9 radical (unpaired) electrons. The first kappa shape index (κ1) is 40.9. The van der Waals surface area contributed by atoms with Gasteiger partial charge in [0.15, 0.2) is 0 Å². The van der Waals surface area contributed by atoms with E-state index in [1.165, 1.54) is 34.1 Å². The maximum absolute atomic E-state index is 9.75. The van der Waals surface area contributed by atoms with Crippen molar-refractivity contribution < 1.29 is 36.7 Å². The maximum atomic E-state index is 9.75. The van der Waals surface area contributed by atoms with Gasteiger partial charge in [0, 0.05) is 19.5 Å². The Labute approximate surface area is 314 Å². The minimum Gasteiger partial charge on any atom is -0.418 e. The quantitative estimate of drug-likeness (QED) is 0.0993. The summed E-state index contributed by atoms with van der Waals surface area (Å²) in [5, 5.41) is 5.87. The summed E-state index contributed by atoms with van der Waals surface area (Å²) in [7, 11) is -6.90. The molecule has 4 fully saturated rings. The Balaban J connectivity index is 0.000000224. The van der Waals surface area contributed by atoms with Gasteiger partial charge in [-0.15, -0.1) is 0 Å². The second kappa shape index (κ2) is 20.4. The number of hydrogen-bond donors (Lipinski definition) is 0. The summed E-state index contributed by atoms with van der Waals surface area (Å²) in [5.41, 5.74) is 1.10. The van der Waals surface area contributed by atoms with Crippen molar-refractivity contribution in [2.24, 2.45) is 23.7 Å². The van der Waals surface area contributed by atoms with E-state index in [2.05, 4.69) is 187 Å². The molecule has 0 unspecified atom stereocenters.